The fourth-order valence-electron chi connectivity index (χ4n) is 1.26. The number of aliphatic carboxylic acids is 1. The molecule has 0 spiro atoms. The molecule has 2 N–H and O–H groups in total. The quantitative estimate of drug-likeness (QED) is 0.663. The molecule has 0 radical (unpaired) electrons. The van der Waals surface area contributed by atoms with Crippen molar-refractivity contribution in [2.75, 3.05) is 13.2 Å². The van der Waals surface area contributed by atoms with Crippen molar-refractivity contribution in [3.63, 3.8) is 0 Å². The summed E-state index contributed by atoms with van der Waals surface area (Å²) in [5.74, 6) is -1.09. The number of ether oxygens (including phenoxy) is 2. The fraction of sp³-hybridized carbons (Fsp3) is 0.846. The zero-order chi connectivity index (χ0) is 14.9. The average molecular weight is 275 g/mol. The average Bonchev–Trinajstić information content (AvgIpc) is 2.24. The van der Waals surface area contributed by atoms with E-state index in [0.29, 0.717) is 13.2 Å². The molecule has 0 rings (SSSR count). The smallest absolute Gasteiger partial charge is 0.408 e. The Labute approximate surface area is 114 Å². The number of carbonyl (C=O) groups excluding carboxylic acids is 1. The summed E-state index contributed by atoms with van der Waals surface area (Å²) in [5.41, 5.74) is -0.648. The Bertz CT molecular complexity index is 285. The summed E-state index contributed by atoms with van der Waals surface area (Å²) in [6.07, 6.45) is 1.46. The second kappa shape index (κ2) is 8.74. The molecule has 0 saturated heterocycles. The van der Waals surface area contributed by atoms with E-state index in [0.717, 1.165) is 12.8 Å². The number of hydrogen-bond donors (Lipinski definition) is 2. The number of carbonyl (C=O) groups is 2. The first-order valence-corrected chi connectivity index (χ1v) is 6.56. The summed E-state index contributed by atoms with van der Waals surface area (Å²) in [4.78, 5) is 22.5. The molecule has 0 aliphatic carbocycles. The molecule has 0 bridgehead atoms. The molecule has 0 unspecified atom stereocenters. The molecule has 0 aliphatic heterocycles. The van der Waals surface area contributed by atoms with E-state index in [1.165, 1.54) is 0 Å². The van der Waals surface area contributed by atoms with Gasteiger partial charge in [-0.2, -0.15) is 0 Å². The van der Waals surface area contributed by atoms with Gasteiger partial charge in [0.15, 0.2) is 0 Å². The third kappa shape index (κ3) is 10.3. The summed E-state index contributed by atoms with van der Waals surface area (Å²) < 4.78 is 10.3. The number of nitrogens with one attached hydrogen (secondary N) is 1. The molecule has 1 amide bonds. The van der Waals surface area contributed by atoms with Gasteiger partial charge in [0.25, 0.3) is 0 Å². The predicted molar refractivity (Wildman–Crippen MR) is 71.1 cm³/mol. The highest BCUT2D eigenvalue weighted by molar-refractivity contribution is 5.79. The van der Waals surface area contributed by atoms with Gasteiger partial charge >= 0.3 is 12.1 Å². The van der Waals surface area contributed by atoms with Crippen molar-refractivity contribution in [2.24, 2.45) is 0 Å². The SMILES string of the molecule is CCCCOCC[C@@H](NC(=O)OC(C)(C)C)C(=O)O. The summed E-state index contributed by atoms with van der Waals surface area (Å²) in [6.45, 7) is 8.11. The molecule has 19 heavy (non-hydrogen) atoms. The Morgan fingerprint density at radius 1 is 1.26 bits per heavy atom. The van der Waals surface area contributed by atoms with Crippen LogP contribution in [0.15, 0.2) is 0 Å². The first kappa shape index (κ1) is 17.7. The van der Waals surface area contributed by atoms with Gasteiger partial charge in [0.2, 0.25) is 0 Å². The third-order valence-corrected chi connectivity index (χ3v) is 2.18. The first-order valence-electron chi connectivity index (χ1n) is 6.56. The number of carboxylic acids is 1. The molecule has 0 aromatic heterocycles. The van der Waals surface area contributed by atoms with E-state index in [-0.39, 0.29) is 6.42 Å². The van der Waals surface area contributed by atoms with Gasteiger partial charge < -0.3 is 19.9 Å². The summed E-state index contributed by atoms with van der Waals surface area (Å²) >= 11 is 0. The summed E-state index contributed by atoms with van der Waals surface area (Å²) in [5, 5.41) is 11.3. The maximum absolute atomic E-state index is 11.5. The lowest BCUT2D eigenvalue weighted by Crippen LogP contribution is -2.44. The minimum atomic E-state index is -1.09. The zero-order valence-electron chi connectivity index (χ0n) is 12.2. The standard InChI is InChI=1S/C13H25NO5/c1-5-6-8-18-9-7-10(11(15)16)14-12(17)19-13(2,3)4/h10H,5-9H2,1-4H3,(H,14,17)(H,15,16)/t10-/m1/s1. The first-order chi connectivity index (χ1) is 8.76. The van der Waals surface area contributed by atoms with Crippen molar-refractivity contribution in [1.82, 2.24) is 5.32 Å². The molecule has 0 aromatic carbocycles. The molecule has 1 atom stereocenters. The number of carboxylic acid groups (broad SMARTS) is 1. The van der Waals surface area contributed by atoms with Gasteiger partial charge in [0, 0.05) is 19.6 Å². The van der Waals surface area contributed by atoms with E-state index in [2.05, 4.69) is 5.32 Å². The Morgan fingerprint density at radius 2 is 1.89 bits per heavy atom. The van der Waals surface area contributed by atoms with Gasteiger partial charge in [0.05, 0.1) is 0 Å². The lowest BCUT2D eigenvalue weighted by molar-refractivity contribution is -0.140. The number of hydrogen-bond acceptors (Lipinski definition) is 4. The van der Waals surface area contributed by atoms with Crippen LogP contribution in [-0.2, 0) is 14.3 Å². The van der Waals surface area contributed by atoms with Crippen LogP contribution in [0.4, 0.5) is 4.79 Å². The minimum Gasteiger partial charge on any atom is -0.480 e. The Balaban J connectivity index is 4.05. The van der Waals surface area contributed by atoms with Crippen LogP contribution in [0, 0.1) is 0 Å². The molecule has 0 saturated carbocycles. The molecule has 6 nitrogen and oxygen atoms in total. The maximum Gasteiger partial charge on any atom is 0.408 e. The minimum absolute atomic E-state index is 0.221. The van der Waals surface area contributed by atoms with Gasteiger partial charge in [-0.15, -0.1) is 0 Å². The number of rotatable bonds is 8. The van der Waals surface area contributed by atoms with E-state index in [4.69, 9.17) is 14.6 Å². The van der Waals surface area contributed by atoms with Crippen molar-refractivity contribution in [2.45, 2.75) is 58.6 Å². The highest BCUT2D eigenvalue weighted by Gasteiger charge is 2.23. The Kier molecular flexibility index (Phi) is 8.14. The van der Waals surface area contributed by atoms with Gasteiger partial charge in [-0.25, -0.2) is 9.59 Å². The van der Waals surface area contributed by atoms with Crippen LogP contribution in [0.3, 0.4) is 0 Å². The zero-order valence-corrected chi connectivity index (χ0v) is 12.2. The molecule has 6 heteroatoms. The van der Waals surface area contributed by atoms with Crippen molar-refractivity contribution in [3.05, 3.63) is 0 Å². The van der Waals surface area contributed by atoms with Crippen LogP contribution in [-0.4, -0.2) is 42.0 Å². The van der Waals surface area contributed by atoms with Crippen LogP contribution in [0.1, 0.15) is 47.0 Å². The highest BCUT2D eigenvalue weighted by Crippen LogP contribution is 2.07. The van der Waals surface area contributed by atoms with Crippen molar-refractivity contribution >= 4 is 12.1 Å². The second-order valence-electron chi connectivity index (χ2n) is 5.29. The molecule has 0 fully saturated rings. The summed E-state index contributed by atoms with van der Waals surface area (Å²) in [7, 11) is 0. The number of amides is 1. The predicted octanol–water partition coefficient (Wildman–Crippen LogP) is 2.17. The summed E-state index contributed by atoms with van der Waals surface area (Å²) in [6, 6.07) is -0.989. The molecule has 0 aromatic rings. The largest absolute Gasteiger partial charge is 0.480 e. The van der Waals surface area contributed by atoms with Crippen LogP contribution >= 0.6 is 0 Å². The van der Waals surface area contributed by atoms with Gasteiger partial charge in [-0.1, -0.05) is 13.3 Å². The van der Waals surface area contributed by atoms with Crippen molar-refractivity contribution in [1.29, 1.82) is 0 Å². The van der Waals surface area contributed by atoms with E-state index in [9.17, 15) is 9.59 Å². The van der Waals surface area contributed by atoms with Crippen molar-refractivity contribution < 1.29 is 24.2 Å². The normalized spacial score (nSPS) is 12.8. The van der Waals surface area contributed by atoms with E-state index in [1.807, 2.05) is 6.92 Å². The van der Waals surface area contributed by atoms with Crippen molar-refractivity contribution in [3.8, 4) is 0 Å². The fourth-order valence-corrected chi connectivity index (χ4v) is 1.26. The van der Waals surface area contributed by atoms with Gasteiger partial charge in [-0.3, -0.25) is 0 Å². The molecule has 0 heterocycles. The maximum atomic E-state index is 11.5. The molecular weight excluding hydrogens is 250 g/mol. The van der Waals surface area contributed by atoms with Crippen LogP contribution in [0.5, 0.6) is 0 Å². The number of unbranched alkanes of at least 4 members (excludes halogenated alkanes) is 1. The van der Waals surface area contributed by atoms with Crippen LogP contribution in [0.2, 0.25) is 0 Å². The third-order valence-electron chi connectivity index (χ3n) is 2.18. The Morgan fingerprint density at radius 3 is 2.37 bits per heavy atom. The van der Waals surface area contributed by atoms with Gasteiger partial charge in [-0.05, 0) is 27.2 Å². The molecule has 112 valence electrons. The van der Waals surface area contributed by atoms with Crippen LogP contribution < -0.4 is 5.32 Å². The lowest BCUT2D eigenvalue weighted by Gasteiger charge is -2.22. The highest BCUT2D eigenvalue weighted by atomic mass is 16.6. The monoisotopic (exact) mass is 275 g/mol. The lowest BCUT2D eigenvalue weighted by atomic mass is 10.2. The Hall–Kier alpha value is -1.30. The van der Waals surface area contributed by atoms with Gasteiger partial charge in [0.1, 0.15) is 11.6 Å². The topological polar surface area (TPSA) is 84.9 Å². The second-order valence-corrected chi connectivity index (χ2v) is 5.29. The van der Waals surface area contributed by atoms with E-state index in [1.54, 1.807) is 20.8 Å². The molecule has 0 aliphatic rings. The van der Waals surface area contributed by atoms with E-state index < -0.39 is 23.7 Å². The van der Waals surface area contributed by atoms with Crippen LogP contribution in [0.25, 0.3) is 0 Å². The van der Waals surface area contributed by atoms with E-state index >= 15 is 0 Å². The number of alkyl carbamates (subject to hydrolysis) is 1. The molecular formula is C13H25NO5.